The van der Waals surface area contributed by atoms with E-state index >= 15 is 0 Å². The highest BCUT2D eigenvalue weighted by atomic mass is 16.4. The first-order valence-corrected chi connectivity index (χ1v) is 18.2. The molecule has 266 valence electrons. The van der Waals surface area contributed by atoms with Gasteiger partial charge in [-0.2, -0.15) is 0 Å². The maximum atomic E-state index is 12.6. The molecule has 0 spiro atoms. The molecule has 0 aromatic heterocycles. The Balaban J connectivity index is 2.11. The SMILES string of the molecule is CCC1(C)CC(c2cc(-c3ccc(NC(=O)O)c(C)c3)c(C3CC(C)(CC)NC(C)(CC)C3C)c(C)c2NC(=O)O)C(C)C(C)(CC)N1. The molecule has 48 heavy (non-hydrogen) atoms. The van der Waals surface area contributed by atoms with E-state index < -0.39 is 12.2 Å². The maximum absolute atomic E-state index is 12.6. The lowest BCUT2D eigenvalue weighted by atomic mass is 9.61. The van der Waals surface area contributed by atoms with Gasteiger partial charge in [-0.25, -0.2) is 9.59 Å². The van der Waals surface area contributed by atoms with E-state index in [9.17, 15) is 19.8 Å². The van der Waals surface area contributed by atoms with Crippen LogP contribution >= 0.6 is 0 Å². The van der Waals surface area contributed by atoms with Gasteiger partial charge in [0.2, 0.25) is 0 Å². The summed E-state index contributed by atoms with van der Waals surface area (Å²) in [6.45, 7) is 27.0. The number of carbonyl (C=O) groups is 2. The van der Waals surface area contributed by atoms with Crippen LogP contribution < -0.4 is 21.3 Å². The standard InChI is InChI=1S/C40H62N4O4/c1-13-37(9)21-30(25(7)39(11,15-3)43-37)29-20-28(27-17-18-32(23(5)19-27)41-35(45)46)33(24(6)34(29)42-36(47)48)31-22-38(10,14-2)44-40(12,16-4)26(31)8/h17-20,25-26,30-31,41-44H,13-16,21-22H2,1-12H3,(H,45,46)(H,47,48). The van der Waals surface area contributed by atoms with Crippen molar-refractivity contribution in [2.75, 3.05) is 10.6 Å². The first-order chi connectivity index (χ1) is 22.3. The Labute approximate surface area is 289 Å². The predicted molar refractivity (Wildman–Crippen MR) is 199 cm³/mol. The highest BCUT2D eigenvalue weighted by Crippen LogP contribution is 2.54. The zero-order chi connectivity index (χ0) is 36.0. The van der Waals surface area contributed by atoms with Gasteiger partial charge >= 0.3 is 12.2 Å². The van der Waals surface area contributed by atoms with Crippen LogP contribution in [0.3, 0.4) is 0 Å². The summed E-state index contributed by atoms with van der Waals surface area (Å²) in [4.78, 5) is 24.1. The van der Waals surface area contributed by atoms with Gasteiger partial charge in [-0.1, -0.05) is 47.6 Å². The molecule has 8 atom stereocenters. The van der Waals surface area contributed by atoms with Crippen LogP contribution in [-0.2, 0) is 0 Å². The Hall–Kier alpha value is -3.10. The maximum Gasteiger partial charge on any atom is 0.409 e. The van der Waals surface area contributed by atoms with E-state index in [-0.39, 0.29) is 45.8 Å². The van der Waals surface area contributed by atoms with Gasteiger partial charge in [-0.3, -0.25) is 10.6 Å². The largest absolute Gasteiger partial charge is 0.465 e. The third-order valence-electron chi connectivity index (χ3n) is 13.2. The second-order valence-electron chi connectivity index (χ2n) is 16.1. The molecule has 8 nitrogen and oxygen atoms in total. The molecule has 6 N–H and O–H groups in total. The lowest BCUT2D eigenvalue weighted by molar-refractivity contribution is 0.0696. The number of carboxylic acid groups (broad SMARTS) is 2. The second-order valence-corrected chi connectivity index (χ2v) is 16.1. The minimum absolute atomic E-state index is 0.0919. The van der Waals surface area contributed by atoms with Gasteiger partial charge in [0.1, 0.15) is 0 Å². The summed E-state index contributed by atoms with van der Waals surface area (Å²) in [7, 11) is 0. The third-order valence-corrected chi connectivity index (χ3v) is 13.2. The van der Waals surface area contributed by atoms with Gasteiger partial charge in [0.25, 0.3) is 0 Å². The molecule has 2 aliphatic heterocycles. The van der Waals surface area contributed by atoms with Crippen LogP contribution in [0.5, 0.6) is 0 Å². The molecule has 8 heteroatoms. The number of hydrogen-bond donors (Lipinski definition) is 6. The van der Waals surface area contributed by atoms with Gasteiger partial charge < -0.3 is 20.8 Å². The first kappa shape index (κ1) is 37.7. The second kappa shape index (κ2) is 13.7. The smallest absolute Gasteiger partial charge is 0.409 e. The van der Waals surface area contributed by atoms with E-state index in [4.69, 9.17) is 0 Å². The summed E-state index contributed by atoms with van der Waals surface area (Å²) in [5.41, 5.74) is 7.04. The molecule has 0 bridgehead atoms. The van der Waals surface area contributed by atoms with Crippen LogP contribution in [0.4, 0.5) is 21.0 Å². The molecule has 2 fully saturated rings. The molecule has 0 saturated carbocycles. The molecule has 0 aliphatic carbocycles. The number of benzene rings is 2. The lowest BCUT2D eigenvalue weighted by Crippen LogP contribution is -2.64. The predicted octanol–water partition coefficient (Wildman–Crippen LogP) is 10.3. The highest BCUT2D eigenvalue weighted by Gasteiger charge is 2.50. The van der Waals surface area contributed by atoms with Crippen molar-refractivity contribution in [2.24, 2.45) is 11.8 Å². The van der Waals surface area contributed by atoms with Gasteiger partial charge in [-0.05, 0) is 155 Å². The average Bonchev–Trinajstić information content (AvgIpc) is 3.02. The fourth-order valence-corrected chi connectivity index (χ4v) is 9.17. The van der Waals surface area contributed by atoms with Crippen molar-refractivity contribution in [3.8, 4) is 11.1 Å². The summed E-state index contributed by atoms with van der Waals surface area (Å²) >= 11 is 0. The van der Waals surface area contributed by atoms with E-state index in [1.807, 2.05) is 19.1 Å². The molecule has 2 aromatic rings. The number of hydrogen-bond acceptors (Lipinski definition) is 4. The number of nitrogens with one attached hydrogen (secondary N) is 4. The van der Waals surface area contributed by atoms with Crippen molar-refractivity contribution in [1.29, 1.82) is 0 Å². The zero-order valence-corrected chi connectivity index (χ0v) is 31.6. The summed E-state index contributed by atoms with van der Waals surface area (Å²) in [5.74, 6) is 0.768. The van der Waals surface area contributed by atoms with Crippen molar-refractivity contribution >= 4 is 23.6 Å². The molecule has 0 radical (unpaired) electrons. The van der Waals surface area contributed by atoms with E-state index in [2.05, 4.69) is 110 Å². The van der Waals surface area contributed by atoms with Crippen molar-refractivity contribution in [3.63, 3.8) is 0 Å². The summed E-state index contributed by atoms with van der Waals surface area (Å²) < 4.78 is 0. The van der Waals surface area contributed by atoms with Crippen LogP contribution in [-0.4, -0.2) is 44.6 Å². The van der Waals surface area contributed by atoms with E-state index in [0.717, 1.165) is 72.0 Å². The number of anilines is 2. The first-order valence-electron chi connectivity index (χ1n) is 18.2. The van der Waals surface area contributed by atoms with Crippen LogP contribution in [0, 0.1) is 25.7 Å². The minimum atomic E-state index is -1.09. The third kappa shape index (κ3) is 6.98. The van der Waals surface area contributed by atoms with Crippen molar-refractivity contribution in [1.82, 2.24) is 10.6 Å². The minimum Gasteiger partial charge on any atom is -0.465 e. The van der Waals surface area contributed by atoms with Crippen LogP contribution in [0.25, 0.3) is 11.1 Å². The Kier molecular flexibility index (Phi) is 10.7. The summed E-state index contributed by atoms with van der Waals surface area (Å²) in [6.07, 6.45) is 3.54. The van der Waals surface area contributed by atoms with E-state index in [1.165, 1.54) is 5.56 Å². The van der Waals surface area contributed by atoms with Crippen molar-refractivity contribution < 1.29 is 19.8 Å². The van der Waals surface area contributed by atoms with Gasteiger partial charge in [-0.15, -0.1) is 0 Å². The normalized spacial score (nSPS) is 33.7. The summed E-state index contributed by atoms with van der Waals surface area (Å²) in [5, 5.41) is 33.3. The molecular formula is C40H62N4O4. The quantitative estimate of drug-likeness (QED) is 0.159. The van der Waals surface area contributed by atoms with Crippen molar-refractivity contribution in [2.45, 2.75) is 156 Å². The number of piperidine rings is 2. The van der Waals surface area contributed by atoms with E-state index in [1.54, 1.807) is 0 Å². The van der Waals surface area contributed by atoms with Crippen molar-refractivity contribution in [3.05, 3.63) is 46.5 Å². The Morgan fingerprint density at radius 3 is 1.73 bits per heavy atom. The molecular weight excluding hydrogens is 600 g/mol. The Morgan fingerprint density at radius 1 is 0.771 bits per heavy atom. The van der Waals surface area contributed by atoms with E-state index in [0.29, 0.717) is 5.69 Å². The number of rotatable bonds is 9. The fourth-order valence-electron chi connectivity index (χ4n) is 9.17. The van der Waals surface area contributed by atoms with Gasteiger partial charge in [0, 0.05) is 27.8 Å². The Bertz CT molecular complexity index is 1540. The van der Waals surface area contributed by atoms with Crippen LogP contribution in [0.1, 0.15) is 142 Å². The summed E-state index contributed by atoms with van der Waals surface area (Å²) in [6, 6.07) is 8.26. The Morgan fingerprint density at radius 2 is 1.27 bits per heavy atom. The zero-order valence-electron chi connectivity index (χ0n) is 31.6. The molecule has 2 saturated heterocycles. The lowest BCUT2D eigenvalue weighted by Gasteiger charge is -2.55. The fraction of sp³-hybridized carbons (Fsp3) is 0.650. The highest BCUT2D eigenvalue weighted by molar-refractivity contribution is 5.89. The average molecular weight is 663 g/mol. The molecule has 2 heterocycles. The molecule has 2 amide bonds. The molecule has 4 rings (SSSR count). The number of aryl methyl sites for hydroxylation is 1. The van der Waals surface area contributed by atoms with Crippen LogP contribution in [0.15, 0.2) is 24.3 Å². The van der Waals surface area contributed by atoms with Crippen LogP contribution in [0.2, 0.25) is 0 Å². The molecule has 8 unspecified atom stereocenters. The molecule has 2 aromatic carbocycles. The monoisotopic (exact) mass is 662 g/mol. The number of amides is 2. The van der Waals surface area contributed by atoms with Gasteiger partial charge in [0.05, 0.1) is 5.69 Å². The molecule has 2 aliphatic rings. The van der Waals surface area contributed by atoms with Gasteiger partial charge in [0.15, 0.2) is 0 Å². The topological polar surface area (TPSA) is 123 Å².